The van der Waals surface area contributed by atoms with E-state index in [9.17, 15) is 9.59 Å². The number of nitrogens with zero attached hydrogens (tertiary/aromatic N) is 1. The van der Waals surface area contributed by atoms with Crippen molar-refractivity contribution in [1.82, 2.24) is 10.2 Å². The Morgan fingerprint density at radius 2 is 1.97 bits per heavy atom. The second-order valence-corrected chi connectivity index (χ2v) is 9.41. The molecule has 2 aromatic rings. The van der Waals surface area contributed by atoms with E-state index in [0.29, 0.717) is 21.8 Å². The number of morpholine rings is 1. The molecule has 0 unspecified atom stereocenters. The van der Waals surface area contributed by atoms with E-state index in [4.69, 9.17) is 10.1 Å². The Labute approximate surface area is 198 Å². The van der Waals surface area contributed by atoms with Crippen LogP contribution in [0, 0.1) is 5.41 Å². The predicted molar refractivity (Wildman–Crippen MR) is 131 cm³/mol. The van der Waals surface area contributed by atoms with Crippen molar-refractivity contribution in [1.29, 1.82) is 5.41 Å². The first-order valence-corrected chi connectivity index (χ1v) is 12.2. The number of hydrogen-bond acceptors (Lipinski definition) is 6. The molecule has 0 spiro atoms. The first kappa shape index (κ1) is 23.4. The van der Waals surface area contributed by atoms with E-state index < -0.39 is 0 Å². The lowest BCUT2D eigenvalue weighted by Gasteiger charge is -2.26. The summed E-state index contributed by atoms with van der Waals surface area (Å²) >= 11 is 1.50. The summed E-state index contributed by atoms with van der Waals surface area (Å²) in [6.45, 7) is 5.80. The molecule has 1 aliphatic carbocycles. The smallest absolute Gasteiger partial charge is 0.258 e. The predicted octanol–water partition coefficient (Wildman–Crippen LogP) is 3.99. The average molecular weight is 467 g/mol. The third-order valence-corrected chi connectivity index (χ3v) is 7.26. The summed E-state index contributed by atoms with van der Waals surface area (Å²) in [5.74, 6) is -0.493. The number of carbonyl (C=O) groups excluding carboxylic acids is 2. The van der Waals surface area contributed by atoms with Gasteiger partial charge in [-0.05, 0) is 55.9 Å². The van der Waals surface area contributed by atoms with Gasteiger partial charge in [-0.25, -0.2) is 0 Å². The van der Waals surface area contributed by atoms with Gasteiger partial charge in [0.05, 0.1) is 24.5 Å². The number of ether oxygens (including phenoxy) is 1. The van der Waals surface area contributed by atoms with Gasteiger partial charge in [-0.2, -0.15) is 0 Å². The van der Waals surface area contributed by atoms with Crippen molar-refractivity contribution in [3.05, 3.63) is 63.2 Å². The zero-order valence-electron chi connectivity index (χ0n) is 18.9. The van der Waals surface area contributed by atoms with Crippen molar-refractivity contribution in [2.45, 2.75) is 39.2 Å². The minimum absolute atomic E-state index is 0.218. The van der Waals surface area contributed by atoms with Crippen LogP contribution in [0.15, 0.2) is 36.0 Å². The Morgan fingerprint density at radius 1 is 1.18 bits per heavy atom. The van der Waals surface area contributed by atoms with Gasteiger partial charge in [0.1, 0.15) is 5.00 Å². The highest BCUT2D eigenvalue weighted by Crippen LogP contribution is 2.38. The molecule has 1 saturated heterocycles. The molecule has 0 radical (unpaired) electrons. The third-order valence-electron chi connectivity index (χ3n) is 6.05. The maximum atomic E-state index is 13.2. The summed E-state index contributed by atoms with van der Waals surface area (Å²) < 4.78 is 5.42. The van der Waals surface area contributed by atoms with E-state index >= 15 is 0 Å². The maximum Gasteiger partial charge on any atom is 0.258 e. The van der Waals surface area contributed by atoms with Crippen molar-refractivity contribution < 1.29 is 14.3 Å². The van der Waals surface area contributed by atoms with Gasteiger partial charge in [0, 0.05) is 36.3 Å². The molecule has 174 valence electrons. The summed E-state index contributed by atoms with van der Waals surface area (Å²) in [7, 11) is 0. The number of nitrogens with one attached hydrogen (secondary N) is 3. The Hall–Kier alpha value is -2.81. The normalized spacial score (nSPS) is 16.7. The minimum atomic E-state index is -0.276. The topological polar surface area (TPSA) is 94.5 Å². The summed E-state index contributed by atoms with van der Waals surface area (Å²) in [5, 5.41) is 13.9. The number of allylic oxidation sites excluding steroid dienone is 2. The van der Waals surface area contributed by atoms with Gasteiger partial charge in [-0.3, -0.25) is 14.5 Å². The van der Waals surface area contributed by atoms with Gasteiger partial charge in [-0.15, -0.1) is 11.3 Å². The highest BCUT2D eigenvalue weighted by atomic mass is 32.1. The summed E-state index contributed by atoms with van der Waals surface area (Å²) in [4.78, 5) is 29.8. The largest absolute Gasteiger partial charge is 0.379 e. The van der Waals surface area contributed by atoms with Gasteiger partial charge in [0.2, 0.25) is 0 Å². The van der Waals surface area contributed by atoms with Gasteiger partial charge >= 0.3 is 0 Å². The molecule has 2 aliphatic rings. The van der Waals surface area contributed by atoms with Gasteiger partial charge in [0.15, 0.2) is 0 Å². The SMILES string of the molecule is C/C=C(\C=N)NC(=O)c1c(NC(=O)c2cccc(CN3CCOCC3)c2)sc2c1CCCC2. The molecule has 2 heterocycles. The van der Waals surface area contributed by atoms with Gasteiger partial charge in [-0.1, -0.05) is 18.2 Å². The second-order valence-electron chi connectivity index (χ2n) is 8.30. The van der Waals surface area contributed by atoms with Crippen LogP contribution in [0.5, 0.6) is 0 Å². The molecule has 1 aromatic heterocycles. The number of aryl methyl sites for hydroxylation is 1. The van der Waals surface area contributed by atoms with E-state index in [1.54, 1.807) is 19.1 Å². The molecule has 0 atom stereocenters. The van der Waals surface area contributed by atoms with Gasteiger partial charge < -0.3 is 20.8 Å². The minimum Gasteiger partial charge on any atom is -0.379 e. The molecule has 1 aromatic carbocycles. The fraction of sp³-hybridized carbons (Fsp3) is 0.400. The lowest BCUT2D eigenvalue weighted by atomic mass is 9.95. The zero-order chi connectivity index (χ0) is 23.2. The first-order valence-electron chi connectivity index (χ1n) is 11.4. The van der Waals surface area contributed by atoms with Crippen LogP contribution in [0.3, 0.4) is 0 Å². The van der Waals surface area contributed by atoms with Gasteiger partial charge in [0.25, 0.3) is 11.8 Å². The van der Waals surface area contributed by atoms with Crippen molar-refractivity contribution in [3.8, 4) is 0 Å². The number of fused-ring (bicyclic) bond motifs is 1. The third kappa shape index (κ3) is 5.58. The number of amides is 2. The van der Waals surface area contributed by atoms with Crippen LogP contribution in [0.25, 0.3) is 0 Å². The average Bonchev–Trinajstić information content (AvgIpc) is 3.21. The van der Waals surface area contributed by atoms with Crippen LogP contribution in [0.1, 0.15) is 56.5 Å². The Balaban J connectivity index is 1.55. The standard InChI is InChI=1S/C25H30N4O3S/c1-2-19(15-26)27-24(31)22-20-8-3-4-9-21(20)33-25(22)28-23(30)18-7-5-6-17(14-18)16-29-10-12-32-13-11-29/h2,5-7,14-15,26H,3-4,8-13,16H2,1H3,(H,27,31)(H,28,30)/b19-2+,26-15?. The van der Waals surface area contributed by atoms with Crippen molar-refractivity contribution in [2.24, 2.45) is 0 Å². The lowest BCUT2D eigenvalue weighted by Crippen LogP contribution is -2.35. The molecule has 0 saturated carbocycles. The number of hydrogen-bond donors (Lipinski definition) is 3. The molecule has 33 heavy (non-hydrogen) atoms. The molecule has 1 aliphatic heterocycles. The highest BCUT2D eigenvalue weighted by molar-refractivity contribution is 7.17. The monoisotopic (exact) mass is 466 g/mol. The summed E-state index contributed by atoms with van der Waals surface area (Å²) in [5.41, 5.74) is 3.65. The molecule has 3 N–H and O–H groups in total. The number of benzene rings is 1. The van der Waals surface area contributed by atoms with Crippen molar-refractivity contribution in [2.75, 3.05) is 31.6 Å². The summed E-state index contributed by atoms with van der Waals surface area (Å²) in [6.07, 6.45) is 6.67. The first-order chi connectivity index (χ1) is 16.1. The molecule has 4 rings (SSSR count). The van der Waals surface area contributed by atoms with E-state index in [0.717, 1.165) is 75.9 Å². The molecule has 2 amide bonds. The Bertz CT molecular complexity index is 1070. The van der Waals surface area contributed by atoms with Crippen LogP contribution in [-0.4, -0.2) is 49.2 Å². The lowest BCUT2D eigenvalue weighted by molar-refractivity contribution is 0.0342. The van der Waals surface area contributed by atoms with E-state index in [1.807, 2.05) is 18.2 Å². The summed E-state index contributed by atoms with van der Waals surface area (Å²) in [6, 6.07) is 7.66. The van der Waals surface area contributed by atoms with Crippen LogP contribution in [0.2, 0.25) is 0 Å². The number of thiophene rings is 1. The molecule has 7 nitrogen and oxygen atoms in total. The molecular weight excluding hydrogens is 436 g/mol. The van der Waals surface area contributed by atoms with E-state index in [-0.39, 0.29) is 11.8 Å². The highest BCUT2D eigenvalue weighted by Gasteiger charge is 2.27. The molecule has 8 heteroatoms. The molecule has 0 bridgehead atoms. The number of anilines is 1. The Morgan fingerprint density at radius 3 is 2.73 bits per heavy atom. The number of rotatable bonds is 7. The van der Waals surface area contributed by atoms with Crippen molar-refractivity contribution >= 4 is 34.4 Å². The maximum absolute atomic E-state index is 13.2. The van der Waals surface area contributed by atoms with Crippen LogP contribution in [0.4, 0.5) is 5.00 Å². The fourth-order valence-electron chi connectivity index (χ4n) is 4.28. The van der Waals surface area contributed by atoms with E-state index in [1.165, 1.54) is 16.2 Å². The zero-order valence-corrected chi connectivity index (χ0v) is 19.7. The quantitative estimate of drug-likeness (QED) is 0.538. The second kappa shape index (κ2) is 10.9. The van der Waals surface area contributed by atoms with Crippen LogP contribution in [-0.2, 0) is 24.1 Å². The van der Waals surface area contributed by atoms with E-state index in [2.05, 4.69) is 15.5 Å². The molecule has 1 fully saturated rings. The van der Waals surface area contributed by atoms with Crippen molar-refractivity contribution in [3.63, 3.8) is 0 Å². The Kier molecular flexibility index (Phi) is 7.69. The fourth-order valence-corrected chi connectivity index (χ4v) is 5.56. The van der Waals surface area contributed by atoms with Crippen LogP contribution < -0.4 is 10.6 Å². The number of carbonyl (C=O) groups is 2. The van der Waals surface area contributed by atoms with Crippen LogP contribution >= 0.6 is 11.3 Å². The molecular formula is C25H30N4O3S.